The van der Waals surface area contributed by atoms with Crippen molar-refractivity contribution in [1.29, 1.82) is 0 Å². The summed E-state index contributed by atoms with van der Waals surface area (Å²) < 4.78 is 18.9. The molecule has 1 aliphatic rings. The van der Waals surface area contributed by atoms with Crippen LogP contribution in [0.4, 0.5) is 4.39 Å². The van der Waals surface area contributed by atoms with Crippen molar-refractivity contribution in [3.05, 3.63) is 34.6 Å². The van der Waals surface area contributed by atoms with Crippen LogP contribution in [0.2, 0.25) is 5.02 Å². The first kappa shape index (κ1) is 15.8. The van der Waals surface area contributed by atoms with Gasteiger partial charge in [-0.25, -0.2) is 4.39 Å². The molecule has 0 N–H and O–H groups in total. The van der Waals surface area contributed by atoms with Crippen LogP contribution in [0.25, 0.3) is 0 Å². The van der Waals surface area contributed by atoms with E-state index in [1.54, 1.807) is 12.1 Å². The maximum absolute atomic E-state index is 13.5. The van der Waals surface area contributed by atoms with Crippen LogP contribution in [0.3, 0.4) is 0 Å². The molecule has 1 nitrogen and oxygen atoms in total. The van der Waals surface area contributed by atoms with Gasteiger partial charge in [-0.2, -0.15) is 0 Å². The van der Waals surface area contributed by atoms with Gasteiger partial charge in [0.2, 0.25) is 0 Å². The Morgan fingerprint density at radius 2 is 2.00 bits per heavy atom. The summed E-state index contributed by atoms with van der Waals surface area (Å²) in [5.74, 6) is 1.04. The van der Waals surface area contributed by atoms with Crippen molar-refractivity contribution in [2.45, 2.75) is 51.4 Å². The van der Waals surface area contributed by atoms with E-state index in [1.807, 2.05) is 13.0 Å². The van der Waals surface area contributed by atoms with Crippen LogP contribution in [0.1, 0.15) is 56.9 Å². The van der Waals surface area contributed by atoms with Crippen LogP contribution < -0.4 is 0 Å². The predicted octanol–water partition coefficient (Wildman–Crippen LogP) is 5.57. The summed E-state index contributed by atoms with van der Waals surface area (Å²) in [6.45, 7) is 3.74. The minimum Gasteiger partial charge on any atom is -0.382 e. The normalized spacial score (nSPS) is 22.9. The molecule has 0 unspecified atom stereocenters. The Balaban J connectivity index is 1.77. The van der Waals surface area contributed by atoms with Gasteiger partial charge >= 0.3 is 0 Å². The number of rotatable bonds is 6. The summed E-state index contributed by atoms with van der Waals surface area (Å²) in [5, 5.41) is 0.221. The molecule has 1 fully saturated rings. The van der Waals surface area contributed by atoms with Gasteiger partial charge < -0.3 is 4.74 Å². The third kappa shape index (κ3) is 4.46. The van der Waals surface area contributed by atoms with Gasteiger partial charge in [-0.1, -0.05) is 17.7 Å². The van der Waals surface area contributed by atoms with Crippen molar-refractivity contribution in [3.8, 4) is 0 Å². The summed E-state index contributed by atoms with van der Waals surface area (Å²) in [6.07, 6.45) is 7.27. The second-order valence-electron chi connectivity index (χ2n) is 5.73. The number of hydrogen-bond donors (Lipinski definition) is 0. The highest BCUT2D eigenvalue weighted by atomic mass is 35.5. The molecule has 0 atom stereocenters. The first-order valence-corrected chi connectivity index (χ1v) is 8.11. The fraction of sp³-hybridized carbons (Fsp3) is 0.647. The Morgan fingerprint density at radius 3 is 2.65 bits per heavy atom. The molecular formula is C17H24ClFO. The molecule has 0 bridgehead atoms. The highest BCUT2D eigenvalue weighted by Crippen LogP contribution is 2.38. The molecule has 1 aromatic carbocycles. The highest BCUT2D eigenvalue weighted by molar-refractivity contribution is 6.30. The molecule has 112 valence electrons. The van der Waals surface area contributed by atoms with Crippen molar-refractivity contribution in [2.75, 3.05) is 13.2 Å². The molecule has 0 saturated heterocycles. The molecule has 0 aromatic heterocycles. The van der Waals surface area contributed by atoms with Gasteiger partial charge in [0.15, 0.2) is 0 Å². The fourth-order valence-electron chi connectivity index (χ4n) is 3.17. The maximum Gasteiger partial charge on any atom is 0.142 e. The molecule has 0 heterocycles. The summed E-state index contributed by atoms with van der Waals surface area (Å²) in [5.41, 5.74) is 1.11. The van der Waals surface area contributed by atoms with Crippen molar-refractivity contribution < 1.29 is 9.13 Å². The van der Waals surface area contributed by atoms with Gasteiger partial charge in [0.05, 0.1) is 5.02 Å². The van der Waals surface area contributed by atoms with Gasteiger partial charge in [0, 0.05) is 13.2 Å². The molecule has 0 aliphatic heterocycles. The first-order valence-electron chi connectivity index (χ1n) is 7.73. The minimum atomic E-state index is -0.289. The lowest BCUT2D eigenvalue weighted by Crippen LogP contribution is -2.14. The predicted molar refractivity (Wildman–Crippen MR) is 81.8 cm³/mol. The molecule has 1 aromatic rings. The van der Waals surface area contributed by atoms with Crippen LogP contribution in [-0.4, -0.2) is 13.2 Å². The standard InChI is InChI=1S/C17H24ClFO/c1-2-20-11-3-4-13-5-7-14(8-6-13)15-9-10-16(18)17(19)12-15/h9-10,12-14H,2-8,11H2,1H3/t13-,14-. The smallest absolute Gasteiger partial charge is 0.142 e. The Labute approximate surface area is 126 Å². The van der Waals surface area contributed by atoms with Crippen LogP contribution in [0.5, 0.6) is 0 Å². The maximum atomic E-state index is 13.5. The number of benzene rings is 1. The van der Waals surface area contributed by atoms with Gasteiger partial charge in [0.1, 0.15) is 5.82 Å². The lowest BCUT2D eigenvalue weighted by atomic mass is 9.77. The zero-order valence-electron chi connectivity index (χ0n) is 12.2. The monoisotopic (exact) mass is 298 g/mol. The molecule has 0 radical (unpaired) electrons. The van der Waals surface area contributed by atoms with Crippen molar-refractivity contribution in [1.82, 2.24) is 0 Å². The Hall–Kier alpha value is -0.600. The van der Waals surface area contributed by atoms with E-state index >= 15 is 0 Å². The minimum absolute atomic E-state index is 0.221. The summed E-state index contributed by atoms with van der Waals surface area (Å²) in [6, 6.07) is 5.27. The second kappa shape index (κ2) is 7.99. The largest absolute Gasteiger partial charge is 0.382 e. The number of halogens is 2. The number of ether oxygens (including phenoxy) is 1. The highest BCUT2D eigenvalue weighted by Gasteiger charge is 2.22. The summed E-state index contributed by atoms with van der Waals surface area (Å²) in [7, 11) is 0. The Morgan fingerprint density at radius 1 is 1.25 bits per heavy atom. The molecule has 0 spiro atoms. The van der Waals surface area contributed by atoms with E-state index in [-0.39, 0.29) is 10.8 Å². The van der Waals surface area contributed by atoms with Gasteiger partial charge in [-0.15, -0.1) is 0 Å². The Bertz CT molecular complexity index is 413. The number of hydrogen-bond acceptors (Lipinski definition) is 1. The SMILES string of the molecule is CCOCCC[C@H]1CC[C@H](c2ccc(Cl)c(F)c2)CC1. The van der Waals surface area contributed by atoms with Crippen LogP contribution in [-0.2, 0) is 4.74 Å². The third-order valence-corrected chi connectivity index (χ3v) is 4.67. The molecule has 20 heavy (non-hydrogen) atoms. The lowest BCUT2D eigenvalue weighted by molar-refractivity contribution is 0.136. The molecule has 3 heteroatoms. The first-order chi connectivity index (χ1) is 9.70. The lowest BCUT2D eigenvalue weighted by Gasteiger charge is -2.29. The van der Waals surface area contributed by atoms with E-state index in [4.69, 9.17) is 16.3 Å². The van der Waals surface area contributed by atoms with E-state index in [9.17, 15) is 4.39 Å². The zero-order valence-corrected chi connectivity index (χ0v) is 13.0. The van der Waals surface area contributed by atoms with Crippen LogP contribution >= 0.6 is 11.6 Å². The average Bonchev–Trinajstić information content (AvgIpc) is 2.47. The van der Waals surface area contributed by atoms with E-state index in [0.717, 1.165) is 24.7 Å². The van der Waals surface area contributed by atoms with E-state index in [2.05, 4.69) is 0 Å². The molecular weight excluding hydrogens is 275 g/mol. The van der Waals surface area contributed by atoms with Gasteiger partial charge in [-0.05, 0) is 75.0 Å². The zero-order chi connectivity index (χ0) is 14.4. The molecule has 2 rings (SSSR count). The van der Waals surface area contributed by atoms with Crippen molar-refractivity contribution in [3.63, 3.8) is 0 Å². The van der Waals surface area contributed by atoms with E-state index in [1.165, 1.54) is 38.5 Å². The fourth-order valence-corrected chi connectivity index (χ4v) is 3.29. The molecule has 1 aliphatic carbocycles. The Kier molecular flexibility index (Phi) is 6.31. The summed E-state index contributed by atoms with van der Waals surface area (Å²) in [4.78, 5) is 0. The molecule has 0 amide bonds. The second-order valence-corrected chi connectivity index (χ2v) is 6.14. The third-order valence-electron chi connectivity index (χ3n) is 4.37. The van der Waals surface area contributed by atoms with Crippen molar-refractivity contribution in [2.24, 2.45) is 5.92 Å². The van der Waals surface area contributed by atoms with Gasteiger partial charge in [0.25, 0.3) is 0 Å². The average molecular weight is 299 g/mol. The van der Waals surface area contributed by atoms with Crippen LogP contribution in [0.15, 0.2) is 18.2 Å². The van der Waals surface area contributed by atoms with E-state index < -0.39 is 0 Å². The quantitative estimate of drug-likeness (QED) is 0.624. The van der Waals surface area contributed by atoms with Gasteiger partial charge in [-0.3, -0.25) is 0 Å². The molecule has 1 saturated carbocycles. The topological polar surface area (TPSA) is 9.23 Å². The summed E-state index contributed by atoms with van der Waals surface area (Å²) >= 11 is 5.74. The van der Waals surface area contributed by atoms with Crippen molar-refractivity contribution >= 4 is 11.6 Å². The van der Waals surface area contributed by atoms with E-state index in [0.29, 0.717) is 5.92 Å². The van der Waals surface area contributed by atoms with Crippen LogP contribution in [0, 0.1) is 11.7 Å².